The molecular formula is C16H27IN2O2. The predicted octanol–water partition coefficient (Wildman–Crippen LogP) is 4.25. The van der Waals surface area contributed by atoms with E-state index >= 15 is 0 Å². The summed E-state index contributed by atoms with van der Waals surface area (Å²) in [6.07, 6.45) is 4.14. The Morgan fingerprint density at radius 3 is 2.48 bits per heavy atom. The first-order valence-corrected chi connectivity index (χ1v) is 9.31. The first kappa shape index (κ1) is 20.0. The van der Waals surface area contributed by atoms with Crippen molar-refractivity contribution in [2.75, 3.05) is 31.0 Å². The molecule has 0 spiro atoms. The monoisotopic (exact) mass is 406 g/mol. The van der Waals surface area contributed by atoms with E-state index in [0.717, 1.165) is 12.8 Å². The number of ether oxygens (including phenoxy) is 1. The molecule has 5 heteroatoms. The largest absolute Gasteiger partial charge is 0.412 e. The zero-order chi connectivity index (χ0) is 16.3. The molecule has 0 radical (unpaired) electrons. The third-order valence-electron chi connectivity index (χ3n) is 3.00. The zero-order valence-electron chi connectivity index (χ0n) is 13.7. The Labute approximate surface area is 142 Å². The molecule has 0 aromatic heterocycles. The lowest BCUT2D eigenvalue weighted by Crippen LogP contribution is -2.22. The minimum atomic E-state index is -0.433. The van der Waals surface area contributed by atoms with E-state index in [1.54, 1.807) is 7.05 Å². The normalized spacial score (nSPS) is 9.43. The summed E-state index contributed by atoms with van der Waals surface area (Å²) in [6, 6.07) is 5.79. The van der Waals surface area contributed by atoms with E-state index in [4.69, 9.17) is 4.74 Å². The van der Waals surface area contributed by atoms with Gasteiger partial charge in [-0.05, 0) is 41.5 Å². The summed E-state index contributed by atoms with van der Waals surface area (Å²) < 4.78 is 5.18. The number of carbonyl (C=O) groups excluding carboxylic acids is 1. The number of hydrogen-bond donors (Lipinski definition) is 1. The molecule has 0 unspecified atom stereocenters. The summed E-state index contributed by atoms with van der Waals surface area (Å²) >= 11 is 2.15. The van der Waals surface area contributed by atoms with E-state index in [9.17, 15) is 4.79 Å². The van der Waals surface area contributed by atoms with E-state index < -0.39 is 6.09 Å². The number of nitrogens with zero attached hydrogens (tertiary/aromatic N) is 1. The van der Waals surface area contributed by atoms with Gasteiger partial charge in [-0.2, -0.15) is 0 Å². The maximum atomic E-state index is 11.2. The Morgan fingerprint density at radius 1 is 1.29 bits per heavy atom. The summed E-state index contributed by atoms with van der Waals surface area (Å²) in [4.78, 5) is 15.3. The van der Waals surface area contributed by atoms with Gasteiger partial charge in [-0.3, -0.25) is 0 Å². The van der Waals surface area contributed by atoms with Crippen LogP contribution in [0.15, 0.2) is 18.2 Å². The lowest BCUT2D eigenvalue weighted by molar-refractivity contribution is 0.203. The van der Waals surface area contributed by atoms with Crippen LogP contribution in [0.2, 0.25) is 0 Å². The van der Waals surface area contributed by atoms with Crippen molar-refractivity contribution < 1.29 is 9.53 Å². The third kappa shape index (κ3) is 7.55. The number of benzene rings is 1. The van der Waals surface area contributed by atoms with Gasteiger partial charge in [-0.1, -0.05) is 42.4 Å². The van der Waals surface area contributed by atoms with Crippen molar-refractivity contribution >= 4 is 34.4 Å². The molecule has 0 saturated carbocycles. The molecule has 0 atom stereocenters. The minimum Gasteiger partial charge on any atom is -0.410 e. The SMILES string of the molecule is CCCCCc1cc(OC(=O)NC)ccc1N(C)C.CI. The van der Waals surface area contributed by atoms with Gasteiger partial charge in [0.25, 0.3) is 0 Å². The van der Waals surface area contributed by atoms with E-state index in [2.05, 4.69) is 39.7 Å². The number of unbranched alkanes of at least 4 members (excludes halogenated alkanes) is 2. The van der Waals surface area contributed by atoms with Crippen molar-refractivity contribution in [2.45, 2.75) is 32.6 Å². The molecule has 0 aliphatic rings. The van der Waals surface area contributed by atoms with E-state index in [0.29, 0.717) is 5.75 Å². The molecule has 1 N–H and O–H groups in total. The van der Waals surface area contributed by atoms with Gasteiger partial charge >= 0.3 is 6.09 Å². The van der Waals surface area contributed by atoms with Crippen LogP contribution < -0.4 is 15.0 Å². The number of carbonyl (C=O) groups is 1. The first-order chi connectivity index (χ1) is 10.1. The van der Waals surface area contributed by atoms with Gasteiger partial charge in [0, 0.05) is 26.8 Å². The zero-order valence-corrected chi connectivity index (χ0v) is 15.9. The molecule has 1 aromatic rings. The van der Waals surface area contributed by atoms with Gasteiger partial charge in [-0.25, -0.2) is 4.79 Å². The molecule has 0 aliphatic carbocycles. The van der Waals surface area contributed by atoms with E-state index in [1.165, 1.54) is 24.1 Å². The van der Waals surface area contributed by atoms with Crippen LogP contribution in [0.1, 0.15) is 31.7 Å². The highest BCUT2D eigenvalue weighted by Crippen LogP contribution is 2.26. The van der Waals surface area contributed by atoms with E-state index in [-0.39, 0.29) is 0 Å². The van der Waals surface area contributed by atoms with Crippen LogP contribution in [-0.4, -0.2) is 32.2 Å². The number of nitrogens with one attached hydrogen (secondary N) is 1. The van der Waals surface area contributed by atoms with Crippen molar-refractivity contribution in [1.29, 1.82) is 0 Å². The summed E-state index contributed by atoms with van der Waals surface area (Å²) in [5.74, 6) is 0.594. The number of amides is 1. The smallest absolute Gasteiger partial charge is 0.410 e. The Bertz CT molecular complexity index is 423. The number of rotatable bonds is 6. The van der Waals surface area contributed by atoms with E-state index in [1.807, 2.05) is 37.2 Å². The van der Waals surface area contributed by atoms with Crippen LogP contribution in [0.5, 0.6) is 5.75 Å². The Kier molecular flexibility index (Phi) is 11.1. The summed E-state index contributed by atoms with van der Waals surface area (Å²) in [7, 11) is 5.61. The van der Waals surface area contributed by atoms with Crippen molar-refractivity contribution in [3.8, 4) is 5.75 Å². The molecule has 1 amide bonds. The number of hydrogen-bond acceptors (Lipinski definition) is 3. The number of aryl methyl sites for hydroxylation is 1. The molecule has 0 heterocycles. The molecule has 1 rings (SSSR count). The number of anilines is 1. The molecule has 120 valence electrons. The fourth-order valence-corrected chi connectivity index (χ4v) is 1.99. The highest BCUT2D eigenvalue weighted by Gasteiger charge is 2.08. The minimum absolute atomic E-state index is 0.433. The van der Waals surface area contributed by atoms with Crippen molar-refractivity contribution in [2.24, 2.45) is 0 Å². The molecule has 21 heavy (non-hydrogen) atoms. The maximum Gasteiger partial charge on any atom is 0.412 e. The number of halogens is 1. The lowest BCUT2D eigenvalue weighted by atomic mass is 10.0. The summed E-state index contributed by atoms with van der Waals surface area (Å²) in [6.45, 7) is 2.19. The molecule has 4 nitrogen and oxygen atoms in total. The second-order valence-corrected chi connectivity index (χ2v) is 4.78. The van der Waals surface area contributed by atoms with Crippen molar-refractivity contribution in [1.82, 2.24) is 5.32 Å². The summed E-state index contributed by atoms with van der Waals surface area (Å²) in [5.41, 5.74) is 2.40. The van der Waals surface area contributed by atoms with Crippen molar-refractivity contribution in [3.63, 3.8) is 0 Å². The van der Waals surface area contributed by atoms with Gasteiger partial charge in [0.15, 0.2) is 0 Å². The fraction of sp³-hybridized carbons (Fsp3) is 0.562. The van der Waals surface area contributed by atoms with Gasteiger partial charge in [0.1, 0.15) is 5.75 Å². The topological polar surface area (TPSA) is 41.6 Å². The van der Waals surface area contributed by atoms with Crippen LogP contribution in [-0.2, 0) is 6.42 Å². The third-order valence-corrected chi connectivity index (χ3v) is 3.00. The highest BCUT2D eigenvalue weighted by atomic mass is 127. The van der Waals surface area contributed by atoms with Gasteiger partial charge in [0.05, 0.1) is 0 Å². The van der Waals surface area contributed by atoms with Crippen LogP contribution in [0, 0.1) is 0 Å². The average molecular weight is 406 g/mol. The van der Waals surface area contributed by atoms with Gasteiger partial charge in [0.2, 0.25) is 0 Å². The molecule has 0 saturated heterocycles. The summed E-state index contributed by atoms with van der Waals surface area (Å²) in [5, 5.41) is 2.45. The quantitative estimate of drug-likeness (QED) is 0.436. The Morgan fingerprint density at radius 2 is 1.95 bits per heavy atom. The molecule has 0 fully saturated rings. The fourth-order valence-electron chi connectivity index (χ4n) is 1.99. The van der Waals surface area contributed by atoms with Crippen molar-refractivity contribution in [3.05, 3.63) is 23.8 Å². The molecule has 1 aromatic carbocycles. The second-order valence-electron chi connectivity index (χ2n) is 4.78. The van der Waals surface area contributed by atoms with Crippen LogP contribution in [0.25, 0.3) is 0 Å². The Hall–Kier alpha value is -0.980. The lowest BCUT2D eigenvalue weighted by Gasteiger charge is -2.18. The highest BCUT2D eigenvalue weighted by molar-refractivity contribution is 14.1. The Balaban J connectivity index is 0.00000191. The second kappa shape index (κ2) is 11.7. The molecular weight excluding hydrogens is 379 g/mol. The average Bonchev–Trinajstić information content (AvgIpc) is 2.49. The number of alkyl halides is 1. The van der Waals surface area contributed by atoms with Gasteiger partial charge in [-0.15, -0.1) is 0 Å². The predicted molar refractivity (Wildman–Crippen MR) is 99.0 cm³/mol. The molecule has 0 bridgehead atoms. The first-order valence-electron chi connectivity index (χ1n) is 7.16. The standard InChI is InChI=1S/C15H24N2O2.CH3I/c1-5-6-7-8-12-11-13(19-15(18)16-2)9-10-14(12)17(3)4;1-2/h9-11H,5-8H2,1-4H3,(H,16,18);1H3. The van der Waals surface area contributed by atoms with Crippen LogP contribution in [0.3, 0.4) is 0 Å². The molecule has 0 aliphatic heterocycles. The maximum absolute atomic E-state index is 11.2. The van der Waals surface area contributed by atoms with Crippen LogP contribution in [0.4, 0.5) is 10.5 Å². The van der Waals surface area contributed by atoms with Crippen LogP contribution >= 0.6 is 22.6 Å². The van der Waals surface area contributed by atoms with Gasteiger partial charge < -0.3 is 15.0 Å².